The lowest BCUT2D eigenvalue weighted by molar-refractivity contribution is 1.24. The van der Waals surface area contributed by atoms with Gasteiger partial charge in [-0.1, -0.05) is 91.0 Å². The molecule has 0 amide bonds. The third-order valence-corrected chi connectivity index (χ3v) is 12.7. The van der Waals surface area contributed by atoms with E-state index in [2.05, 4.69) is 165 Å². The average Bonchev–Trinajstić information content (AvgIpc) is 3.54. The molecule has 0 N–H and O–H groups in total. The maximum absolute atomic E-state index is 2.50. The van der Waals surface area contributed by atoms with Crippen molar-refractivity contribution in [3.63, 3.8) is 0 Å². The molecule has 248 valence electrons. The Hall–Kier alpha value is -5.46. The third kappa shape index (κ3) is 4.59. The van der Waals surface area contributed by atoms with Crippen molar-refractivity contribution in [1.82, 2.24) is 0 Å². The highest BCUT2D eigenvalue weighted by Crippen LogP contribution is 2.52. The van der Waals surface area contributed by atoms with E-state index in [9.17, 15) is 0 Å². The Balaban J connectivity index is 1.43. The van der Waals surface area contributed by atoms with Gasteiger partial charge in [0.1, 0.15) is 0 Å². The number of fused-ring (bicyclic) bond motifs is 6. The molecule has 0 unspecified atom stereocenters. The van der Waals surface area contributed by atoms with Gasteiger partial charge in [0.25, 0.3) is 0 Å². The number of rotatable bonds is 3. The van der Waals surface area contributed by atoms with Gasteiger partial charge in [-0.25, -0.2) is 0 Å². The van der Waals surface area contributed by atoms with Crippen LogP contribution in [0.1, 0.15) is 55.6 Å². The first-order chi connectivity index (χ1) is 24.6. The molecule has 0 radical (unpaired) electrons. The molecule has 0 saturated carbocycles. The fourth-order valence-electron chi connectivity index (χ4n) is 9.19. The summed E-state index contributed by atoms with van der Waals surface area (Å²) in [6.45, 7) is 18.7. The van der Waals surface area contributed by atoms with Crippen LogP contribution < -0.4 is 0 Å². The second-order valence-electron chi connectivity index (χ2n) is 15.1. The Kier molecular flexibility index (Phi) is 7.13. The van der Waals surface area contributed by atoms with Gasteiger partial charge in [-0.15, -0.1) is 0 Å². The number of benzene rings is 8. The number of hydrogen-bond acceptors (Lipinski definition) is 0. The SMILES string of the molecule is Cc1c(C)c(C)c2c(-c3ccc4cc(-c5ccccc5)ccc4c3)c3c(C)c(C)c(C)c(C)c3c(-c3ccc4c(c3)-c3ccccc3C4)c2c1C. The molecule has 9 rings (SSSR count). The molecule has 0 fully saturated rings. The minimum atomic E-state index is 1.01. The van der Waals surface area contributed by atoms with Crippen LogP contribution in [0, 0.1) is 55.4 Å². The van der Waals surface area contributed by atoms with Gasteiger partial charge in [-0.2, -0.15) is 0 Å². The molecule has 1 aliphatic rings. The summed E-state index contributed by atoms with van der Waals surface area (Å²) < 4.78 is 0. The maximum atomic E-state index is 2.50. The van der Waals surface area contributed by atoms with Crippen LogP contribution in [-0.4, -0.2) is 0 Å². The largest absolute Gasteiger partial charge is 0.0622 e. The zero-order chi connectivity index (χ0) is 35.3. The Labute approximate surface area is 302 Å². The number of aryl methyl sites for hydroxylation is 4. The quantitative estimate of drug-likeness (QED) is 0.166. The summed E-state index contributed by atoms with van der Waals surface area (Å²) in [5.74, 6) is 0. The predicted molar refractivity (Wildman–Crippen MR) is 221 cm³/mol. The molecule has 0 heteroatoms. The van der Waals surface area contributed by atoms with E-state index in [0.29, 0.717) is 0 Å². The first-order valence-corrected chi connectivity index (χ1v) is 18.4. The summed E-state index contributed by atoms with van der Waals surface area (Å²) in [5.41, 5.74) is 24.6. The predicted octanol–water partition coefficient (Wildman–Crippen LogP) is 14.2. The lowest BCUT2D eigenvalue weighted by Crippen LogP contribution is -2.03. The van der Waals surface area contributed by atoms with Crippen molar-refractivity contribution >= 4 is 32.3 Å². The van der Waals surface area contributed by atoms with Crippen LogP contribution in [0.25, 0.3) is 76.8 Å². The fraction of sp³-hybridized carbons (Fsp3) is 0.176. The van der Waals surface area contributed by atoms with Crippen molar-refractivity contribution in [2.45, 2.75) is 61.8 Å². The zero-order valence-electron chi connectivity index (χ0n) is 31.1. The van der Waals surface area contributed by atoms with E-state index in [4.69, 9.17) is 0 Å². The van der Waals surface area contributed by atoms with Crippen LogP contribution in [-0.2, 0) is 6.42 Å². The van der Waals surface area contributed by atoms with Crippen LogP contribution in [0.15, 0.2) is 109 Å². The number of hydrogen-bond donors (Lipinski definition) is 0. The topological polar surface area (TPSA) is 0 Å². The van der Waals surface area contributed by atoms with Gasteiger partial charge in [0.05, 0.1) is 0 Å². The lowest BCUT2D eigenvalue weighted by atomic mass is 9.76. The van der Waals surface area contributed by atoms with Crippen molar-refractivity contribution in [2.75, 3.05) is 0 Å². The maximum Gasteiger partial charge on any atom is -0.00134 e. The first kappa shape index (κ1) is 31.5. The van der Waals surface area contributed by atoms with Crippen molar-refractivity contribution < 1.29 is 0 Å². The molecule has 0 bridgehead atoms. The van der Waals surface area contributed by atoms with Gasteiger partial charge in [0.15, 0.2) is 0 Å². The second kappa shape index (κ2) is 11.5. The molecule has 0 atom stereocenters. The van der Waals surface area contributed by atoms with E-state index in [1.54, 1.807) is 0 Å². The molecule has 0 heterocycles. The van der Waals surface area contributed by atoms with Crippen molar-refractivity contribution in [2.24, 2.45) is 0 Å². The first-order valence-electron chi connectivity index (χ1n) is 18.4. The van der Waals surface area contributed by atoms with Gasteiger partial charge < -0.3 is 0 Å². The van der Waals surface area contributed by atoms with Gasteiger partial charge in [-0.05, 0) is 212 Å². The molecule has 0 aliphatic heterocycles. The Morgan fingerprint density at radius 3 is 1.31 bits per heavy atom. The Morgan fingerprint density at radius 2 is 0.745 bits per heavy atom. The molecule has 0 spiro atoms. The van der Waals surface area contributed by atoms with Crippen LogP contribution in [0.5, 0.6) is 0 Å². The third-order valence-electron chi connectivity index (χ3n) is 12.7. The zero-order valence-corrected chi connectivity index (χ0v) is 31.1. The van der Waals surface area contributed by atoms with Crippen molar-refractivity contribution in [3.8, 4) is 44.5 Å². The highest BCUT2D eigenvalue weighted by atomic mass is 14.3. The molecular weight excluding hydrogens is 613 g/mol. The molecule has 51 heavy (non-hydrogen) atoms. The highest BCUT2D eigenvalue weighted by Gasteiger charge is 2.27. The lowest BCUT2D eigenvalue weighted by Gasteiger charge is -2.27. The molecule has 0 aromatic heterocycles. The Morgan fingerprint density at radius 1 is 0.314 bits per heavy atom. The summed E-state index contributed by atoms with van der Waals surface area (Å²) >= 11 is 0. The monoisotopic (exact) mass is 656 g/mol. The minimum Gasteiger partial charge on any atom is -0.0622 e. The van der Waals surface area contributed by atoms with Gasteiger partial charge >= 0.3 is 0 Å². The molecule has 8 aromatic carbocycles. The van der Waals surface area contributed by atoms with Crippen LogP contribution in [0.2, 0.25) is 0 Å². The van der Waals surface area contributed by atoms with Crippen LogP contribution >= 0.6 is 0 Å². The van der Waals surface area contributed by atoms with E-state index in [1.807, 2.05) is 0 Å². The normalized spacial score (nSPS) is 12.2. The minimum absolute atomic E-state index is 1.01. The fourth-order valence-corrected chi connectivity index (χ4v) is 9.19. The van der Waals surface area contributed by atoms with E-state index >= 15 is 0 Å². The standard InChI is InChI=1S/C51H44/c1-28-30(3)34(7)48-46(32(28)5)50(42-22-20-38-24-37(18-19-39(38)25-42)36-14-10-9-11-15-36)47-33(6)29(2)31(4)35(8)49(47)51(48)43-23-21-41-26-40-16-12-13-17-44(40)45(41)27-43/h9-25,27H,26H2,1-8H3. The summed E-state index contributed by atoms with van der Waals surface area (Å²) in [4.78, 5) is 0. The summed E-state index contributed by atoms with van der Waals surface area (Å²) in [6, 6.07) is 41.1. The van der Waals surface area contributed by atoms with Gasteiger partial charge in [0, 0.05) is 0 Å². The molecular formula is C51H44. The van der Waals surface area contributed by atoms with Crippen LogP contribution in [0.3, 0.4) is 0 Å². The highest BCUT2D eigenvalue weighted by molar-refractivity contribution is 6.25. The Bertz CT molecular complexity index is 2690. The molecule has 1 aliphatic carbocycles. The smallest absolute Gasteiger partial charge is 0.00134 e. The average molecular weight is 657 g/mol. The summed E-state index contributed by atoms with van der Waals surface area (Å²) in [5, 5.41) is 8.12. The second-order valence-corrected chi connectivity index (χ2v) is 15.1. The summed E-state index contributed by atoms with van der Waals surface area (Å²) in [6.07, 6.45) is 1.01. The molecule has 0 saturated heterocycles. The summed E-state index contributed by atoms with van der Waals surface area (Å²) in [7, 11) is 0. The van der Waals surface area contributed by atoms with E-state index in [0.717, 1.165) is 6.42 Å². The van der Waals surface area contributed by atoms with E-state index in [-0.39, 0.29) is 0 Å². The van der Waals surface area contributed by atoms with Gasteiger partial charge in [0.2, 0.25) is 0 Å². The molecule has 8 aromatic rings. The van der Waals surface area contributed by atoms with E-state index in [1.165, 1.54) is 132 Å². The molecule has 0 nitrogen and oxygen atoms in total. The van der Waals surface area contributed by atoms with Crippen molar-refractivity contribution in [3.05, 3.63) is 165 Å². The van der Waals surface area contributed by atoms with Crippen molar-refractivity contribution in [1.29, 1.82) is 0 Å². The van der Waals surface area contributed by atoms with Gasteiger partial charge in [-0.3, -0.25) is 0 Å². The van der Waals surface area contributed by atoms with E-state index < -0.39 is 0 Å². The van der Waals surface area contributed by atoms with Crippen LogP contribution in [0.4, 0.5) is 0 Å².